The predicted octanol–water partition coefficient (Wildman–Crippen LogP) is 3.32. The largest absolute Gasteiger partial charge is 0.378 e. The molecule has 2 aliphatic rings. The van der Waals surface area contributed by atoms with Gasteiger partial charge in [0, 0.05) is 44.5 Å². The summed E-state index contributed by atoms with van der Waals surface area (Å²) in [6, 6.07) is 16.8. The van der Waals surface area contributed by atoms with E-state index in [1.54, 1.807) is 0 Å². The molecule has 0 N–H and O–H groups in total. The van der Waals surface area contributed by atoms with Crippen molar-refractivity contribution in [3.05, 3.63) is 48.5 Å². The van der Waals surface area contributed by atoms with Gasteiger partial charge in [-0.05, 0) is 37.1 Å². The van der Waals surface area contributed by atoms with Crippen LogP contribution in [0.25, 0.3) is 22.4 Å². The smallest absolute Gasteiger partial charge is 0.227 e. The van der Waals surface area contributed by atoms with Crippen LogP contribution in [0.15, 0.2) is 48.5 Å². The van der Waals surface area contributed by atoms with Crippen LogP contribution in [0.4, 0.5) is 5.69 Å². The monoisotopic (exact) mass is 404 g/mol. The molecule has 0 spiro atoms. The molecule has 6 heteroatoms. The summed E-state index contributed by atoms with van der Waals surface area (Å²) in [5.41, 5.74) is 4.41. The van der Waals surface area contributed by atoms with Crippen molar-refractivity contribution in [2.24, 2.45) is 13.0 Å². The minimum atomic E-state index is 0.0660. The molecule has 156 valence electrons. The van der Waals surface area contributed by atoms with Crippen LogP contribution in [-0.2, 0) is 16.6 Å². The van der Waals surface area contributed by atoms with Gasteiger partial charge >= 0.3 is 0 Å². The Labute approximate surface area is 177 Å². The number of rotatable bonds is 3. The summed E-state index contributed by atoms with van der Waals surface area (Å²) in [4.78, 5) is 22.2. The molecule has 2 aromatic carbocycles. The normalized spacial score (nSPS) is 20.0. The van der Waals surface area contributed by atoms with Gasteiger partial charge in [-0.1, -0.05) is 24.3 Å². The topological polar surface area (TPSA) is 50.6 Å². The number of carbonyl (C=O) groups is 1. The van der Waals surface area contributed by atoms with Crippen LogP contribution in [0.1, 0.15) is 12.8 Å². The van der Waals surface area contributed by atoms with Gasteiger partial charge in [0.15, 0.2) is 0 Å². The zero-order valence-corrected chi connectivity index (χ0v) is 17.5. The van der Waals surface area contributed by atoms with Crippen molar-refractivity contribution in [2.75, 3.05) is 44.3 Å². The molecule has 0 unspecified atom stereocenters. The van der Waals surface area contributed by atoms with Crippen molar-refractivity contribution in [3.63, 3.8) is 0 Å². The second kappa shape index (κ2) is 8.11. The van der Waals surface area contributed by atoms with E-state index in [0.29, 0.717) is 13.2 Å². The molecule has 2 saturated heterocycles. The quantitative estimate of drug-likeness (QED) is 0.672. The highest BCUT2D eigenvalue weighted by Crippen LogP contribution is 2.30. The first-order chi connectivity index (χ1) is 14.7. The number of morpholine rings is 1. The van der Waals surface area contributed by atoms with E-state index in [1.807, 2.05) is 17.0 Å². The molecule has 2 fully saturated rings. The van der Waals surface area contributed by atoms with Gasteiger partial charge in [-0.3, -0.25) is 4.79 Å². The SMILES string of the molecule is Cn1c(-c2cccc(N3CCC[C@@H](C(=O)N4CCOCC4)C3)c2)nc2ccccc21. The fourth-order valence-electron chi connectivity index (χ4n) is 4.70. The average Bonchev–Trinajstić information content (AvgIpc) is 3.16. The predicted molar refractivity (Wildman–Crippen MR) is 118 cm³/mol. The van der Waals surface area contributed by atoms with Crippen LogP contribution in [-0.4, -0.2) is 59.8 Å². The number of hydrogen-bond acceptors (Lipinski definition) is 4. The lowest BCUT2D eigenvalue weighted by Crippen LogP contribution is -2.48. The highest BCUT2D eigenvalue weighted by atomic mass is 16.5. The molecule has 2 aliphatic heterocycles. The molecule has 3 heterocycles. The second-order valence-corrected chi connectivity index (χ2v) is 8.26. The number of ether oxygens (including phenoxy) is 1. The fourth-order valence-corrected chi connectivity index (χ4v) is 4.70. The molecule has 1 amide bonds. The molecule has 5 rings (SSSR count). The number of nitrogens with zero attached hydrogens (tertiary/aromatic N) is 4. The van der Waals surface area contributed by atoms with Gasteiger partial charge in [-0.15, -0.1) is 0 Å². The van der Waals surface area contributed by atoms with Gasteiger partial charge in [-0.25, -0.2) is 4.98 Å². The first-order valence-corrected chi connectivity index (χ1v) is 10.8. The van der Waals surface area contributed by atoms with Gasteiger partial charge in [-0.2, -0.15) is 0 Å². The van der Waals surface area contributed by atoms with Crippen molar-refractivity contribution >= 4 is 22.6 Å². The van der Waals surface area contributed by atoms with E-state index < -0.39 is 0 Å². The second-order valence-electron chi connectivity index (χ2n) is 8.26. The lowest BCUT2D eigenvalue weighted by Gasteiger charge is -2.37. The summed E-state index contributed by atoms with van der Waals surface area (Å²) >= 11 is 0. The van der Waals surface area contributed by atoms with Crippen LogP contribution in [0, 0.1) is 5.92 Å². The standard InChI is InChI=1S/C24H28N4O2/c1-26-22-10-3-2-9-21(22)25-23(26)18-6-4-8-20(16-18)28-11-5-7-19(17-28)24(29)27-12-14-30-15-13-27/h2-4,6,8-10,16,19H,5,7,11-15,17H2,1H3/t19-/m1/s1. The van der Waals surface area contributed by atoms with E-state index in [4.69, 9.17) is 9.72 Å². The van der Waals surface area contributed by atoms with Gasteiger partial charge in [0.1, 0.15) is 5.82 Å². The molecular formula is C24H28N4O2. The maximum atomic E-state index is 13.0. The Morgan fingerprint density at radius 2 is 1.90 bits per heavy atom. The van der Waals surface area contributed by atoms with Crippen LogP contribution >= 0.6 is 0 Å². The number of para-hydroxylation sites is 2. The minimum Gasteiger partial charge on any atom is -0.378 e. The Balaban J connectivity index is 1.38. The number of imidazole rings is 1. The summed E-state index contributed by atoms with van der Waals surface area (Å²) < 4.78 is 7.55. The van der Waals surface area contributed by atoms with E-state index in [2.05, 4.69) is 52.9 Å². The number of hydrogen-bond donors (Lipinski definition) is 0. The highest BCUT2D eigenvalue weighted by molar-refractivity contribution is 5.82. The third kappa shape index (κ3) is 3.56. The number of amides is 1. The molecule has 0 radical (unpaired) electrons. The molecule has 1 atom stereocenters. The summed E-state index contributed by atoms with van der Waals surface area (Å²) in [5, 5.41) is 0. The first kappa shape index (κ1) is 19.1. The Kier molecular flexibility index (Phi) is 5.17. The summed E-state index contributed by atoms with van der Waals surface area (Å²) in [5.74, 6) is 1.32. The fraction of sp³-hybridized carbons (Fsp3) is 0.417. The maximum absolute atomic E-state index is 13.0. The first-order valence-electron chi connectivity index (χ1n) is 10.8. The van der Waals surface area contributed by atoms with Gasteiger partial charge in [0.05, 0.1) is 30.2 Å². The number of piperidine rings is 1. The molecule has 30 heavy (non-hydrogen) atoms. The molecule has 6 nitrogen and oxygen atoms in total. The molecule has 0 aliphatic carbocycles. The van der Waals surface area contributed by atoms with E-state index in [9.17, 15) is 4.79 Å². The number of anilines is 1. The van der Waals surface area contributed by atoms with Crippen LogP contribution < -0.4 is 4.90 Å². The van der Waals surface area contributed by atoms with Gasteiger partial charge in [0.25, 0.3) is 0 Å². The lowest BCUT2D eigenvalue weighted by molar-refractivity contribution is -0.139. The summed E-state index contributed by atoms with van der Waals surface area (Å²) in [7, 11) is 2.06. The number of aromatic nitrogens is 2. The third-order valence-electron chi connectivity index (χ3n) is 6.35. The number of carbonyl (C=O) groups excluding carboxylic acids is 1. The molecule has 0 saturated carbocycles. The van der Waals surface area contributed by atoms with Crippen LogP contribution in [0.5, 0.6) is 0 Å². The zero-order valence-electron chi connectivity index (χ0n) is 17.5. The highest BCUT2D eigenvalue weighted by Gasteiger charge is 2.30. The van der Waals surface area contributed by atoms with Crippen LogP contribution in [0.3, 0.4) is 0 Å². The minimum absolute atomic E-state index is 0.0660. The Morgan fingerprint density at radius 3 is 2.73 bits per heavy atom. The van der Waals surface area contributed by atoms with E-state index in [0.717, 1.165) is 61.4 Å². The number of benzene rings is 2. The van der Waals surface area contributed by atoms with E-state index in [1.165, 1.54) is 5.69 Å². The summed E-state index contributed by atoms with van der Waals surface area (Å²) in [6.45, 7) is 4.51. The van der Waals surface area contributed by atoms with Crippen molar-refractivity contribution in [1.29, 1.82) is 0 Å². The van der Waals surface area contributed by atoms with E-state index in [-0.39, 0.29) is 11.8 Å². The van der Waals surface area contributed by atoms with Crippen molar-refractivity contribution < 1.29 is 9.53 Å². The Bertz CT molecular complexity index is 1050. The summed E-state index contributed by atoms with van der Waals surface area (Å²) in [6.07, 6.45) is 2.01. The lowest BCUT2D eigenvalue weighted by atomic mass is 9.95. The zero-order chi connectivity index (χ0) is 20.5. The van der Waals surface area contributed by atoms with Crippen molar-refractivity contribution in [1.82, 2.24) is 14.5 Å². The average molecular weight is 405 g/mol. The number of aryl methyl sites for hydroxylation is 1. The Morgan fingerprint density at radius 1 is 1.07 bits per heavy atom. The van der Waals surface area contributed by atoms with Gasteiger partial charge < -0.3 is 19.1 Å². The molecule has 3 aromatic rings. The van der Waals surface area contributed by atoms with Gasteiger partial charge in [0.2, 0.25) is 5.91 Å². The molecular weight excluding hydrogens is 376 g/mol. The van der Waals surface area contributed by atoms with Crippen molar-refractivity contribution in [3.8, 4) is 11.4 Å². The maximum Gasteiger partial charge on any atom is 0.227 e. The van der Waals surface area contributed by atoms with Crippen LogP contribution in [0.2, 0.25) is 0 Å². The third-order valence-corrected chi connectivity index (χ3v) is 6.35. The van der Waals surface area contributed by atoms with E-state index >= 15 is 0 Å². The molecule has 0 bridgehead atoms. The number of fused-ring (bicyclic) bond motifs is 1. The Hall–Kier alpha value is -2.86. The van der Waals surface area contributed by atoms with Crippen molar-refractivity contribution in [2.45, 2.75) is 12.8 Å². The molecule has 1 aromatic heterocycles.